The van der Waals surface area contributed by atoms with Crippen LogP contribution >= 0.6 is 15.9 Å². The summed E-state index contributed by atoms with van der Waals surface area (Å²) in [6.07, 6.45) is 12.8. The third kappa shape index (κ3) is 7.70. The van der Waals surface area contributed by atoms with Gasteiger partial charge >= 0.3 is 11.9 Å². The molecule has 3 fully saturated rings. The number of nitrogens with one attached hydrogen (secondary N) is 1. The maximum Gasteiger partial charge on any atom is 0.328 e. The Hall–Kier alpha value is -2.59. The maximum atomic E-state index is 12.9. The Balaban J connectivity index is 0.000000392. The number of hydrogen-bond acceptors (Lipinski definition) is 6. The zero-order valence-electron chi connectivity index (χ0n) is 20.6. The fraction of sp³-hybridized carbons (Fsp3) is 0.577. The highest BCUT2D eigenvalue weighted by Crippen LogP contribution is 2.38. The topological polar surface area (TPSA) is 142 Å². The van der Waals surface area contributed by atoms with Gasteiger partial charge < -0.3 is 26.0 Å². The van der Waals surface area contributed by atoms with Crippen molar-refractivity contribution in [2.75, 3.05) is 19.4 Å². The van der Waals surface area contributed by atoms with Gasteiger partial charge in [-0.25, -0.2) is 9.59 Å². The van der Waals surface area contributed by atoms with Crippen molar-refractivity contribution in [1.29, 1.82) is 0 Å². The number of amides is 1. The second-order valence-corrected chi connectivity index (χ2v) is 10.7. The number of halogens is 1. The number of rotatable bonds is 7. The van der Waals surface area contributed by atoms with E-state index in [-0.39, 0.29) is 11.9 Å². The monoisotopic (exact) mass is 565 g/mol. The molecule has 9 nitrogen and oxygen atoms in total. The Morgan fingerprint density at radius 1 is 1.06 bits per heavy atom. The number of carbonyl (C=O) groups is 3. The molecule has 0 aromatic heterocycles. The van der Waals surface area contributed by atoms with E-state index in [0.717, 1.165) is 23.2 Å². The third-order valence-corrected chi connectivity index (χ3v) is 8.03. The van der Waals surface area contributed by atoms with Crippen molar-refractivity contribution in [1.82, 2.24) is 10.2 Å². The summed E-state index contributed by atoms with van der Waals surface area (Å²) >= 11 is 3.42. The molecule has 2 bridgehead atoms. The number of aliphatic carboxylic acids is 2. The maximum absolute atomic E-state index is 12.9. The SMILES string of the molecule is COc1cc(N)c(Br)cc1C(=O)NC1CC2CCC(C1)N2CC1CCCCC1.O=C(O)C=CC(=O)O. The Labute approximate surface area is 220 Å². The molecule has 3 aliphatic rings. The molecule has 1 aromatic carbocycles. The highest BCUT2D eigenvalue weighted by Gasteiger charge is 2.41. The first-order valence-electron chi connectivity index (χ1n) is 12.5. The van der Waals surface area contributed by atoms with Crippen molar-refractivity contribution >= 4 is 39.5 Å². The van der Waals surface area contributed by atoms with Crippen molar-refractivity contribution < 1.29 is 29.3 Å². The smallest absolute Gasteiger partial charge is 0.328 e. The molecule has 2 aliphatic heterocycles. The number of carbonyl (C=O) groups excluding carboxylic acids is 1. The Morgan fingerprint density at radius 3 is 2.17 bits per heavy atom. The van der Waals surface area contributed by atoms with Gasteiger partial charge in [-0.05, 0) is 66.4 Å². The van der Waals surface area contributed by atoms with Crippen LogP contribution in [0.4, 0.5) is 5.69 Å². The summed E-state index contributed by atoms with van der Waals surface area (Å²) in [7, 11) is 1.57. The number of fused-ring (bicyclic) bond motifs is 2. The largest absolute Gasteiger partial charge is 0.496 e. The first kappa shape index (κ1) is 28.0. The van der Waals surface area contributed by atoms with E-state index in [0.29, 0.717) is 41.2 Å². The van der Waals surface area contributed by atoms with Crippen LogP contribution in [-0.2, 0) is 9.59 Å². The van der Waals surface area contributed by atoms with Gasteiger partial charge in [0.1, 0.15) is 5.75 Å². The van der Waals surface area contributed by atoms with E-state index in [4.69, 9.17) is 20.7 Å². The molecule has 36 heavy (non-hydrogen) atoms. The van der Waals surface area contributed by atoms with Gasteiger partial charge in [0.15, 0.2) is 0 Å². The van der Waals surface area contributed by atoms with Crippen molar-refractivity contribution in [2.45, 2.75) is 75.9 Å². The predicted octanol–water partition coefficient (Wildman–Crippen LogP) is 4.06. The number of carboxylic acid groups (broad SMARTS) is 2. The van der Waals surface area contributed by atoms with Crippen LogP contribution in [0.5, 0.6) is 5.75 Å². The van der Waals surface area contributed by atoms with E-state index in [1.54, 1.807) is 19.2 Å². The van der Waals surface area contributed by atoms with E-state index >= 15 is 0 Å². The molecular weight excluding hydrogens is 530 g/mol. The number of anilines is 1. The lowest BCUT2D eigenvalue weighted by Crippen LogP contribution is -2.51. The van der Waals surface area contributed by atoms with Crippen LogP contribution in [0.2, 0.25) is 0 Å². The molecule has 198 valence electrons. The van der Waals surface area contributed by atoms with E-state index in [1.165, 1.54) is 51.5 Å². The number of hydrogen-bond donors (Lipinski definition) is 4. The molecule has 2 heterocycles. The number of nitrogens with two attached hydrogens (primary N) is 1. The summed E-state index contributed by atoms with van der Waals surface area (Å²) in [6, 6.07) is 4.97. The van der Waals surface area contributed by atoms with Gasteiger partial charge in [0.25, 0.3) is 5.91 Å². The Kier molecular flexibility index (Phi) is 10.2. The van der Waals surface area contributed by atoms with Gasteiger partial charge in [-0.1, -0.05) is 19.3 Å². The van der Waals surface area contributed by atoms with Crippen LogP contribution in [0.1, 0.15) is 68.1 Å². The highest BCUT2D eigenvalue weighted by atomic mass is 79.9. The van der Waals surface area contributed by atoms with Gasteiger partial charge in [0, 0.05) is 53.0 Å². The van der Waals surface area contributed by atoms with Gasteiger partial charge in [-0.15, -0.1) is 0 Å². The summed E-state index contributed by atoms with van der Waals surface area (Å²) in [6.45, 7) is 1.27. The third-order valence-electron chi connectivity index (χ3n) is 7.35. The lowest BCUT2D eigenvalue weighted by molar-refractivity contribution is -0.134. The molecule has 1 aromatic rings. The second-order valence-electron chi connectivity index (χ2n) is 9.81. The van der Waals surface area contributed by atoms with Crippen molar-refractivity contribution in [3.8, 4) is 5.75 Å². The second kappa shape index (κ2) is 13.1. The number of nitrogen functional groups attached to an aromatic ring is 1. The van der Waals surface area contributed by atoms with E-state index in [2.05, 4.69) is 26.1 Å². The van der Waals surface area contributed by atoms with E-state index < -0.39 is 11.9 Å². The quantitative estimate of drug-likeness (QED) is 0.286. The van der Waals surface area contributed by atoms with Crippen LogP contribution in [-0.4, -0.2) is 64.7 Å². The van der Waals surface area contributed by atoms with Gasteiger partial charge in [-0.3, -0.25) is 9.69 Å². The standard InChI is InChI=1S/C22H32BrN3O2.C4H4O4/c1-28-21-12-20(24)19(23)11-18(21)22(27)25-15-9-16-7-8-17(10-15)26(16)13-14-5-3-2-4-6-14;5-3(6)1-2-4(7)8/h11-12,14-17H,2-10,13,24H2,1H3,(H,25,27);1-2H,(H,5,6)(H,7,8). The van der Waals surface area contributed by atoms with E-state index in [1.807, 2.05) is 0 Å². The molecule has 1 aliphatic carbocycles. The van der Waals surface area contributed by atoms with Crippen LogP contribution < -0.4 is 15.8 Å². The summed E-state index contributed by atoms with van der Waals surface area (Å²) in [5, 5.41) is 18.9. The number of nitrogens with zero attached hydrogens (tertiary/aromatic N) is 1. The van der Waals surface area contributed by atoms with Crippen molar-refractivity contribution in [3.63, 3.8) is 0 Å². The first-order valence-corrected chi connectivity index (χ1v) is 13.3. The molecule has 1 amide bonds. The van der Waals surface area contributed by atoms with Crippen molar-refractivity contribution in [3.05, 3.63) is 34.3 Å². The molecule has 2 atom stereocenters. The molecular formula is C26H36BrN3O6. The molecule has 4 rings (SSSR count). The van der Waals surface area contributed by atoms with Gasteiger partial charge in [0.05, 0.1) is 12.7 Å². The fourth-order valence-corrected chi connectivity index (χ4v) is 6.02. The first-order chi connectivity index (χ1) is 17.2. The molecule has 1 saturated carbocycles. The number of methoxy groups -OCH3 is 1. The van der Waals surface area contributed by atoms with Crippen molar-refractivity contribution in [2.24, 2.45) is 5.92 Å². The summed E-state index contributed by atoms with van der Waals surface area (Å²) in [4.78, 5) is 34.8. The van der Waals surface area contributed by atoms with Crippen LogP contribution in [0.25, 0.3) is 0 Å². The highest BCUT2D eigenvalue weighted by molar-refractivity contribution is 9.10. The lowest BCUT2D eigenvalue weighted by Gasteiger charge is -2.41. The van der Waals surface area contributed by atoms with Crippen LogP contribution in [0.3, 0.4) is 0 Å². The Morgan fingerprint density at radius 2 is 1.64 bits per heavy atom. The molecule has 10 heteroatoms. The zero-order chi connectivity index (χ0) is 26.2. The molecule has 0 spiro atoms. The minimum atomic E-state index is -1.26. The van der Waals surface area contributed by atoms with Crippen LogP contribution in [0, 0.1) is 5.92 Å². The zero-order valence-corrected chi connectivity index (χ0v) is 22.2. The minimum Gasteiger partial charge on any atom is -0.496 e. The van der Waals surface area contributed by atoms with Gasteiger partial charge in [0.2, 0.25) is 0 Å². The van der Waals surface area contributed by atoms with Crippen LogP contribution in [0.15, 0.2) is 28.8 Å². The number of ether oxygens (including phenoxy) is 1. The number of benzene rings is 1. The summed E-state index contributed by atoms with van der Waals surface area (Å²) < 4.78 is 6.10. The summed E-state index contributed by atoms with van der Waals surface area (Å²) in [5.41, 5.74) is 7.04. The average molecular weight is 566 g/mol. The normalized spacial score (nSPS) is 24.1. The van der Waals surface area contributed by atoms with Gasteiger partial charge in [-0.2, -0.15) is 0 Å². The molecule has 0 radical (unpaired) electrons. The number of piperidine rings is 1. The molecule has 2 saturated heterocycles. The molecule has 2 unspecified atom stereocenters. The number of carboxylic acids is 2. The predicted molar refractivity (Wildman–Crippen MR) is 140 cm³/mol. The summed E-state index contributed by atoms with van der Waals surface area (Å²) in [5.74, 6) is -1.17. The van der Waals surface area contributed by atoms with E-state index in [9.17, 15) is 14.4 Å². The average Bonchev–Trinajstić information content (AvgIpc) is 3.07. The lowest BCUT2D eigenvalue weighted by atomic mass is 9.87. The Bertz CT molecular complexity index is 949. The fourth-order valence-electron chi connectivity index (χ4n) is 5.68. The molecule has 5 N–H and O–H groups in total. The minimum absolute atomic E-state index is 0.0670.